The highest BCUT2D eigenvalue weighted by atomic mass is 14.7. The number of fused-ring (bicyclic) bond motifs is 3. The minimum absolute atomic E-state index is 0.336. The van der Waals surface area contributed by atoms with E-state index in [2.05, 4.69) is 116 Å². The van der Waals surface area contributed by atoms with Crippen molar-refractivity contribution in [1.29, 1.82) is 0 Å². The van der Waals surface area contributed by atoms with Crippen molar-refractivity contribution < 1.29 is 0 Å². The van der Waals surface area contributed by atoms with Crippen molar-refractivity contribution in [2.75, 3.05) is 0 Å². The van der Waals surface area contributed by atoms with Gasteiger partial charge in [0.25, 0.3) is 0 Å². The van der Waals surface area contributed by atoms with Crippen molar-refractivity contribution >= 4 is 12.4 Å². The maximum atomic E-state index is 4.10. The standard InChI is InChI=1S/C29H25N/c1-3-8-21-13-15-22(16-14-21)29(23-17-19-24(30-2)20-18-23)27-11-6-4-9-25(27)26-10-5-7-12-28(26)29/h4-7,9-20H,2-3,8H2,1H3. The second-order valence-corrected chi connectivity index (χ2v) is 7.99. The van der Waals surface area contributed by atoms with Gasteiger partial charge in [0.2, 0.25) is 0 Å². The van der Waals surface area contributed by atoms with Crippen molar-refractivity contribution in [1.82, 2.24) is 0 Å². The summed E-state index contributed by atoms with van der Waals surface area (Å²) in [6.45, 7) is 5.91. The minimum atomic E-state index is -0.336. The van der Waals surface area contributed by atoms with Crippen molar-refractivity contribution in [2.45, 2.75) is 25.2 Å². The van der Waals surface area contributed by atoms with E-state index in [1.807, 2.05) is 0 Å². The lowest BCUT2D eigenvalue weighted by atomic mass is 9.67. The molecule has 0 saturated heterocycles. The van der Waals surface area contributed by atoms with E-state index in [0.29, 0.717) is 0 Å². The lowest BCUT2D eigenvalue weighted by Crippen LogP contribution is -2.28. The third kappa shape index (κ3) is 2.66. The predicted octanol–water partition coefficient (Wildman–Crippen LogP) is 7.33. The smallest absolute Gasteiger partial charge is 0.0713 e. The third-order valence-electron chi connectivity index (χ3n) is 6.36. The molecule has 4 aromatic carbocycles. The Morgan fingerprint density at radius 1 is 0.667 bits per heavy atom. The second-order valence-electron chi connectivity index (χ2n) is 7.99. The fraction of sp³-hybridized carbons (Fsp3) is 0.138. The molecule has 0 fully saturated rings. The number of hydrogen-bond acceptors (Lipinski definition) is 1. The molecule has 0 amide bonds. The molecule has 0 unspecified atom stereocenters. The van der Waals surface area contributed by atoms with Crippen LogP contribution in [0.2, 0.25) is 0 Å². The summed E-state index contributed by atoms with van der Waals surface area (Å²) < 4.78 is 0. The summed E-state index contributed by atoms with van der Waals surface area (Å²) in [4.78, 5) is 4.10. The van der Waals surface area contributed by atoms with Gasteiger partial charge in [0.1, 0.15) is 0 Å². The molecule has 0 atom stereocenters. The fourth-order valence-electron chi connectivity index (χ4n) is 5.05. The lowest BCUT2D eigenvalue weighted by molar-refractivity contribution is 0.767. The highest BCUT2D eigenvalue weighted by Crippen LogP contribution is 2.56. The molecule has 0 saturated carbocycles. The number of nitrogens with zero attached hydrogens (tertiary/aromatic N) is 1. The van der Waals surface area contributed by atoms with Crippen LogP contribution in [0.25, 0.3) is 11.1 Å². The van der Waals surface area contributed by atoms with E-state index in [1.165, 1.54) is 38.9 Å². The van der Waals surface area contributed by atoms with Gasteiger partial charge in [0.15, 0.2) is 0 Å². The summed E-state index contributed by atoms with van der Waals surface area (Å²) in [5.74, 6) is 0. The van der Waals surface area contributed by atoms with Crippen LogP contribution in [-0.2, 0) is 11.8 Å². The van der Waals surface area contributed by atoms with Gasteiger partial charge >= 0.3 is 0 Å². The molecule has 0 N–H and O–H groups in total. The van der Waals surface area contributed by atoms with Crippen LogP contribution in [0.15, 0.2) is 102 Å². The number of aliphatic imine (C=N–C) groups is 1. The molecular weight excluding hydrogens is 362 g/mol. The van der Waals surface area contributed by atoms with E-state index in [1.54, 1.807) is 0 Å². The van der Waals surface area contributed by atoms with Gasteiger partial charge in [0, 0.05) is 0 Å². The van der Waals surface area contributed by atoms with Gasteiger partial charge in [-0.1, -0.05) is 98.3 Å². The second kappa shape index (κ2) is 7.42. The summed E-state index contributed by atoms with van der Waals surface area (Å²) in [5.41, 5.74) is 9.83. The molecule has 0 aromatic heterocycles. The Hall–Kier alpha value is -3.45. The Bertz CT molecular complexity index is 1150. The van der Waals surface area contributed by atoms with Crippen molar-refractivity contribution in [3.63, 3.8) is 0 Å². The van der Waals surface area contributed by atoms with Crippen molar-refractivity contribution in [3.8, 4) is 11.1 Å². The molecule has 146 valence electrons. The first-order chi connectivity index (χ1) is 14.8. The highest BCUT2D eigenvalue weighted by Gasteiger charge is 2.45. The molecule has 0 radical (unpaired) electrons. The molecule has 0 aliphatic heterocycles. The topological polar surface area (TPSA) is 12.4 Å². The van der Waals surface area contributed by atoms with Gasteiger partial charge in [-0.25, -0.2) is 0 Å². The first-order valence-electron chi connectivity index (χ1n) is 10.6. The number of aryl methyl sites for hydroxylation is 1. The lowest BCUT2D eigenvalue weighted by Gasteiger charge is -2.34. The molecule has 0 heterocycles. The molecular formula is C29H25N. The normalized spacial score (nSPS) is 13.5. The molecule has 0 spiro atoms. The summed E-state index contributed by atoms with van der Waals surface area (Å²) in [5, 5.41) is 0. The fourth-order valence-corrected chi connectivity index (χ4v) is 5.05. The first-order valence-corrected chi connectivity index (χ1v) is 10.6. The monoisotopic (exact) mass is 387 g/mol. The number of hydrogen-bond donors (Lipinski definition) is 0. The van der Waals surface area contributed by atoms with Crippen LogP contribution >= 0.6 is 0 Å². The van der Waals surface area contributed by atoms with Crippen LogP contribution in [0.5, 0.6) is 0 Å². The van der Waals surface area contributed by atoms with Crippen LogP contribution < -0.4 is 0 Å². The van der Waals surface area contributed by atoms with Crippen molar-refractivity contribution in [2.24, 2.45) is 4.99 Å². The maximum Gasteiger partial charge on any atom is 0.0713 e. The summed E-state index contributed by atoms with van der Waals surface area (Å²) in [6.07, 6.45) is 2.27. The predicted molar refractivity (Wildman–Crippen MR) is 127 cm³/mol. The molecule has 1 nitrogen and oxygen atoms in total. The highest BCUT2D eigenvalue weighted by molar-refractivity contribution is 5.86. The Kier molecular flexibility index (Phi) is 4.59. The Morgan fingerprint density at radius 3 is 1.67 bits per heavy atom. The van der Waals surface area contributed by atoms with Crippen LogP contribution in [0, 0.1) is 0 Å². The van der Waals surface area contributed by atoms with E-state index >= 15 is 0 Å². The van der Waals surface area contributed by atoms with E-state index < -0.39 is 0 Å². The van der Waals surface area contributed by atoms with Crippen molar-refractivity contribution in [3.05, 3.63) is 125 Å². The zero-order valence-electron chi connectivity index (χ0n) is 17.3. The summed E-state index contributed by atoms with van der Waals surface area (Å²) >= 11 is 0. The third-order valence-corrected chi connectivity index (χ3v) is 6.36. The Labute approximate surface area is 178 Å². The van der Waals surface area contributed by atoms with Gasteiger partial charge in [-0.2, -0.15) is 0 Å². The quantitative estimate of drug-likeness (QED) is 0.280. The average Bonchev–Trinajstić information content (AvgIpc) is 3.11. The van der Waals surface area contributed by atoms with Crippen LogP contribution in [0.1, 0.15) is 41.2 Å². The van der Waals surface area contributed by atoms with E-state index in [9.17, 15) is 0 Å². The summed E-state index contributed by atoms with van der Waals surface area (Å²) in [7, 11) is 0. The molecule has 4 aromatic rings. The minimum Gasteiger partial charge on any atom is -0.265 e. The van der Waals surface area contributed by atoms with Gasteiger partial charge in [-0.3, -0.25) is 4.99 Å². The van der Waals surface area contributed by atoms with E-state index in [-0.39, 0.29) is 5.41 Å². The molecule has 5 rings (SSSR count). The van der Waals surface area contributed by atoms with Crippen LogP contribution in [0.4, 0.5) is 5.69 Å². The zero-order chi connectivity index (χ0) is 20.6. The van der Waals surface area contributed by atoms with E-state index in [0.717, 1.165) is 18.5 Å². The summed E-state index contributed by atoms with van der Waals surface area (Å²) in [6, 6.07) is 35.5. The first kappa shape index (κ1) is 18.6. The van der Waals surface area contributed by atoms with Gasteiger partial charge in [-0.05, 0) is 64.2 Å². The van der Waals surface area contributed by atoms with E-state index in [4.69, 9.17) is 0 Å². The number of rotatable bonds is 5. The maximum absolute atomic E-state index is 4.10. The van der Waals surface area contributed by atoms with Gasteiger partial charge < -0.3 is 0 Å². The van der Waals surface area contributed by atoms with Crippen LogP contribution in [0.3, 0.4) is 0 Å². The molecule has 30 heavy (non-hydrogen) atoms. The van der Waals surface area contributed by atoms with Gasteiger partial charge in [-0.15, -0.1) is 0 Å². The Morgan fingerprint density at radius 2 is 1.17 bits per heavy atom. The molecule has 0 bridgehead atoms. The molecule has 1 aliphatic carbocycles. The zero-order valence-corrected chi connectivity index (χ0v) is 17.3. The SMILES string of the molecule is C=Nc1ccc(C2(c3ccc(CCC)cc3)c3ccccc3-c3ccccc32)cc1. The number of benzene rings is 4. The van der Waals surface area contributed by atoms with Crippen LogP contribution in [-0.4, -0.2) is 6.72 Å². The molecule has 1 heteroatoms. The molecule has 1 aliphatic rings. The van der Waals surface area contributed by atoms with Gasteiger partial charge in [0.05, 0.1) is 11.1 Å². The average molecular weight is 388 g/mol. The largest absolute Gasteiger partial charge is 0.265 e. The Balaban J connectivity index is 1.85.